The van der Waals surface area contributed by atoms with Gasteiger partial charge < -0.3 is 10.8 Å². The minimum Gasteiger partial charge on any atom is -0.399 e. The third-order valence-corrected chi connectivity index (χ3v) is 3.44. The Hall–Kier alpha value is -1.06. The Labute approximate surface area is 110 Å². The lowest BCUT2D eigenvalue weighted by Gasteiger charge is -2.26. The molecule has 0 aliphatic heterocycles. The summed E-state index contributed by atoms with van der Waals surface area (Å²) in [5.41, 5.74) is 7.23. The molecular weight excluding hydrogens is 224 g/mol. The molecule has 1 saturated carbocycles. The molecule has 0 unspecified atom stereocenters. The molecule has 0 heterocycles. The van der Waals surface area contributed by atoms with Gasteiger partial charge in [0.25, 0.3) is 0 Å². The first-order chi connectivity index (χ1) is 8.44. The first kappa shape index (κ1) is 13.4. The van der Waals surface area contributed by atoms with Crippen LogP contribution in [-0.4, -0.2) is 28.2 Å². The van der Waals surface area contributed by atoms with Gasteiger partial charge in [-0.15, -0.1) is 0 Å². The maximum atomic E-state index is 9.83. The number of nitrogens with zero attached hydrogens (tertiary/aromatic N) is 1. The lowest BCUT2D eigenvalue weighted by molar-refractivity contribution is 0.0553. The van der Waals surface area contributed by atoms with Crippen molar-refractivity contribution in [2.45, 2.75) is 51.3 Å². The van der Waals surface area contributed by atoms with Crippen LogP contribution in [0.2, 0.25) is 0 Å². The van der Waals surface area contributed by atoms with Gasteiger partial charge in [-0.25, -0.2) is 0 Å². The molecule has 3 N–H and O–H groups in total. The predicted molar refractivity (Wildman–Crippen MR) is 75.2 cm³/mol. The van der Waals surface area contributed by atoms with E-state index < -0.39 is 5.60 Å². The van der Waals surface area contributed by atoms with Crippen molar-refractivity contribution in [3.8, 4) is 0 Å². The molecule has 0 amide bonds. The second kappa shape index (κ2) is 5.29. The molecule has 18 heavy (non-hydrogen) atoms. The van der Waals surface area contributed by atoms with Crippen LogP contribution in [0, 0.1) is 0 Å². The summed E-state index contributed by atoms with van der Waals surface area (Å²) >= 11 is 0. The number of nitrogen functional groups attached to an aromatic ring is 1. The zero-order chi connectivity index (χ0) is 13.2. The SMILES string of the molecule is CC(C)(O)CCN(Cc1ccc(N)cc1)C1CC1. The molecule has 1 aromatic carbocycles. The molecule has 0 spiro atoms. The zero-order valence-corrected chi connectivity index (χ0v) is 11.4. The molecule has 0 radical (unpaired) electrons. The van der Waals surface area contributed by atoms with Gasteiger partial charge in [0, 0.05) is 24.8 Å². The highest BCUT2D eigenvalue weighted by Crippen LogP contribution is 2.29. The van der Waals surface area contributed by atoms with Crippen LogP contribution in [0.25, 0.3) is 0 Å². The van der Waals surface area contributed by atoms with Gasteiger partial charge in [0.15, 0.2) is 0 Å². The first-order valence-corrected chi connectivity index (χ1v) is 6.75. The van der Waals surface area contributed by atoms with Crippen LogP contribution in [0.3, 0.4) is 0 Å². The molecular formula is C15H24N2O. The molecule has 3 heteroatoms. The normalized spacial score (nSPS) is 16.2. The third-order valence-electron chi connectivity index (χ3n) is 3.44. The van der Waals surface area contributed by atoms with E-state index in [1.165, 1.54) is 18.4 Å². The summed E-state index contributed by atoms with van der Waals surface area (Å²) in [6.07, 6.45) is 3.40. The van der Waals surface area contributed by atoms with Crippen molar-refractivity contribution >= 4 is 5.69 Å². The number of hydrogen-bond donors (Lipinski definition) is 2. The Balaban J connectivity index is 1.92. The molecule has 2 rings (SSSR count). The van der Waals surface area contributed by atoms with Gasteiger partial charge in [0.1, 0.15) is 0 Å². The van der Waals surface area contributed by atoms with Crippen molar-refractivity contribution in [1.29, 1.82) is 0 Å². The molecule has 1 aliphatic carbocycles. The fourth-order valence-corrected chi connectivity index (χ4v) is 2.11. The topological polar surface area (TPSA) is 49.5 Å². The Bertz CT molecular complexity index is 376. The van der Waals surface area contributed by atoms with Gasteiger partial charge in [-0.3, -0.25) is 4.90 Å². The Morgan fingerprint density at radius 1 is 1.28 bits per heavy atom. The highest BCUT2D eigenvalue weighted by molar-refractivity contribution is 5.39. The first-order valence-electron chi connectivity index (χ1n) is 6.75. The van der Waals surface area contributed by atoms with Crippen LogP contribution < -0.4 is 5.73 Å². The smallest absolute Gasteiger partial charge is 0.0603 e. The van der Waals surface area contributed by atoms with Crippen LogP contribution in [0.5, 0.6) is 0 Å². The Kier molecular flexibility index (Phi) is 3.93. The van der Waals surface area contributed by atoms with Crippen molar-refractivity contribution in [3.05, 3.63) is 29.8 Å². The summed E-state index contributed by atoms with van der Waals surface area (Å²) in [6.45, 7) is 5.67. The fraction of sp³-hybridized carbons (Fsp3) is 0.600. The van der Waals surface area contributed by atoms with E-state index in [1.807, 2.05) is 26.0 Å². The van der Waals surface area contributed by atoms with Crippen LogP contribution in [0.4, 0.5) is 5.69 Å². The molecule has 0 atom stereocenters. The predicted octanol–water partition coefficient (Wildman–Crippen LogP) is 2.39. The van der Waals surface area contributed by atoms with Gasteiger partial charge in [-0.05, 0) is 50.8 Å². The van der Waals surface area contributed by atoms with Crippen molar-refractivity contribution < 1.29 is 5.11 Å². The van der Waals surface area contributed by atoms with E-state index in [0.717, 1.165) is 25.2 Å². The highest BCUT2D eigenvalue weighted by Gasteiger charge is 2.29. The second-order valence-electron chi connectivity index (χ2n) is 6.01. The van der Waals surface area contributed by atoms with Gasteiger partial charge in [-0.1, -0.05) is 12.1 Å². The molecule has 1 aliphatic rings. The quantitative estimate of drug-likeness (QED) is 0.760. The number of aliphatic hydroxyl groups is 1. The minimum atomic E-state index is -0.575. The summed E-state index contributed by atoms with van der Waals surface area (Å²) in [6, 6.07) is 8.81. The number of benzene rings is 1. The number of rotatable bonds is 6. The molecule has 1 aromatic rings. The summed E-state index contributed by atoms with van der Waals surface area (Å²) < 4.78 is 0. The maximum absolute atomic E-state index is 9.83. The van der Waals surface area contributed by atoms with E-state index in [9.17, 15) is 5.11 Å². The number of hydrogen-bond acceptors (Lipinski definition) is 3. The van der Waals surface area contributed by atoms with Crippen LogP contribution in [-0.2, 0) is 6.54 Å². The lowest BCUT2D eigenvalue weighted by Crippen LogP contribution is -2.32. The maximum Gasteiger partial charge on any atom is 0.0603 e. The number of anilines is 1. The molecule has 0 bridgehead atoms. The summed E-state index contributed by atoms with van der Waals surface area (Å²) in [5.74, 6) is 0. The van der Waals surface area contributed by atoms with Gasteiger partial charge >= 0.3 is 0 Å². The van der Waals surface area contributed by atoms with Crippen LogP contribution >= 0.6 is 0 Å². The summed E-state index contributed by atoms with van der Waals surface area (Å²) in [5, 5.41) is 9.83. The Morgan fingerprint density at radius 3 is 2.39 bits per heavy atom. The average Bonchev–Trinajstić information content (AvgIpc) is 3.09. The van der Waals surface area contributed by atoms with Gasteiger partial charge in [0.2, 0.25) is 0 Å². The molecule has 3 nitrogen and oxygen atoms in total. The summed E-state index contributed by atoms with van der Waals surface area (Å²) in [7, 11) is 0. The average molecular weight is 248 g/mol. The number of nitrogens with two attached hydrogens (primary N) is 1. The van der Waals surface area contributed by atoms with Crippen LogP contribution in [0.1, 0.15) is 38.7 Å². The molecule has 1 fully saturated rings. The summed E-state index contributed by atoms with van der Waals surface area (Å²) in [4.78, 5) is 2.48. The largest absolute Gasteiger partial charge is 0.399 e. The van der Waals surface area contributed by atoms with Gasteiger partial charge in [0.05, 0.1) is 5.60 Å². The van der Waals surface area contributed by atoms with E-state index in [4.69, 9.17) is 5.73 Å². The van der Waals surface area contributed by atoms with E-state index >= 15 is 0 Å². The second-order valence-corrected chi connectivity index (χ2v) is 6.01. The van der Waals surface area contributed by atoms with Gasteiger partial charge in [-0.2, -0.15) is 0 Å². The monoisotopic (exact) mass is 248 g/mol. The van der Waals surface area contributed by atoms with Crippen LogP contribution in [0.15, 0.2) is 24.3 Å². The fourth-order valence-electron chi connectivity index (χ4n) is 2.11. The third kappa shape index (κ3) is 4.31. The zero-order valence-electron chi connectivity index (χ0n) is 11.4. The van der Waals surface area contributed by atoms with E-state index in [1.54, 1.807) is 0 Å². The minimum absolute atomic E-state index is 0.575. The lowest BCUT2D eigenvalue weighted by atomic mass is 10.1. The molecule has 100 valence electrons. The van der Waals surface area contributed by atoms with Crippen molar-refractivity contribution in [2.24, 2.45) is 0 Å². The standard InChI is InChI=1S/C15H24N2O/c1-15(2,18)9-10-17(14-7-8-14)11-12-3-5-13(16)6-4-12/h3-6,14,18H,7-11,16H2,1-2H3. The highest BCUT2D eigenvalue weighted by atomic mass is 16.3. The van der Waals surface area contributed by atoms with E-state index in [0.29, 0.717) is 6.04 Å². The molecule has 0 aromatic heterocycles. The van der Waals surface area contributed by atoms with Crippen molar-refractivity contribution in [2.75, 3.05) is 12.3 Å². The van der Waals surface area contributed by atoms with Crippen molar-refractivity contribution in [1.82, 2.24) is 4.90 Å². The molecule has 0 saturated heterocycles. The van der Waals surface area contributed by atoms with E-state index in [-0.39, 0.29) is 0 Å². The Morgan fingerprint density at radius 2 is 1.89 bits per heavy atom. The van der Waals surface area contributed by atoms with E-state index in [2.05, 4.69) is 17.0 Å². The van der Waals surface area contributed by atoms with Crippen molar-refractivity contribution in [3.63, 3.8) is 0 Å².